The third-order valence-electron chi connectivity index (χ3n) is 5.45. The summed E-state index contributed by atoms with van der Waals surface area (Å²) < 4.78 is 5.94. The van der Waals surface area contributed by atoms with Crippen LogP contribution in [-0.4, -0.2) is 4.98 Å². The first kappa shape index (κ1) is 9.42. The van der Waals surface area contributed by atoms with E-state index in [1.165, 1.54) is 19.3 Å². The number of fused-ring (bicyclic) bond motifs is 6. The van der Waals surface area contributed by atoms with E-state index in [1.54, 1.807) is 0 Å². The van der Waals surface area contributed by atoms with E-state index in [9.17, 15) is 0 Å². The van der Waals surface area contributed by atoms with Gasteiger partial charge in [-0.1, -0.05) is 0 Å². The molecule has 18 heavy (non-hydrogen) atoms. The first-order chi connectivity index (χ1) is 8.81. The summed E-state index contributed by atoms with van der Waals surface area (Å²) in [5.41, 5.74) is 8.34. The van der Waals surface area contributed by atoms with E-state index in [1.807, 2.05) is 18.2 Å². The Bertz CT molecular complexity index is 631. The van der Waals surface area contributed by atoms with Crippen molar-refractivity contribution in [1.82, 2.24) is 4.98 Å². The van der Waals surface area contributed by atoms with Gasteiger partial charge in [-0.3, -0.25) is 0 Å². The topological polar surface area (TPSA) is 52.0 Å². The number of nitrogens with zero attached hydrogens (tertiary/aromatic N) is 1. The van der Waals surface area contributed by atoms with Crippen LogP contribution in [0.5, 0.6) is 0 Å². The molecule has 3 aliphatic rings. The second-order valence-electron chi connectivity index (χ2n) is 6.29. The molecule has 3 aliphatic carbocycles. The molecular formula is C15H16N2O. The lowest BCUT2D eigenvalue weighted by molar-refractivity contribution is 0.447. The number of rotatable bonds is 1. The highest BCUT2D eigenvalue weighted by Gasteiger charge is 2.67. The predicted molar refractivity (Wildman–Crippen MR) is 69.0 cm³/mol. The van der Waals surface area contributed by atoms with Crippen LogP contribution < -0.4 is 5.73 Å². The maximum atomic E-state index is 5.94. The van der Waals surface area contributed by atoms with Gasteiger partial charge in [-0.25, -0.2) is 4.98 Å². The van der Waals surface area contributed by atoms with Gasteiger partial charge < -0.3 is 10.2 Å². The first-order valence-corrected chi connectivity index (χ1v) is 6.97. The summed E-state index contributed by atoms with van der Waals surface area (Å²) >= 11 is 0. The predicted octanol–water partition coefficient (Wildman–Crippen LogP) is 3.17. The molecule has 0 amide bonds. The van der Waals surface area contributed by atoms with Gasteiger partial charge in [-0.2, -0.15) is 0 Å². The van der Waals surface area contributed by atoms with Gasteiger partial charge in [0, 0.05) is 17.7 Å². The highest BCUT2D eigenvalue weighted by molar-refractivity contribution is 5.76. The molecule has 2 N–H and O–H groups in total. The van der Waals surface area contributed by atoms with Gasteiger partial charge in [0.2, 0.25) is 0 Å². The molecular weight excluding hydrogens is 224 g/mol. The number of anilines is 1. The van der Waals surface area contributed by atoms with Crippen LogP contribution in [-0.2, 0) is 0 Å². The van der Waals surface area contributed by atoms with Crippen molar-refractivity contribution in [2.24, 2.45) is 23.7 Å². The number of oxazole rings is 1. The molecule has 1 aromatic heterocycles. The summed E-state index contributed by atoms with van der Waals surface area (Å²) in [5.74, 6) is 5.28. The maximum absolute atomic E-state index is 5.94. The Morgan fingerprint density at radius 3 is 2.72 bits per heavy atom. The number of nitrogen functional groups attached to an aromatic ring is 1. The van der Waals surface area contributed by atoms with Crippen LogP contribution in [0.25, 0.3) is 11.1 Å². The average Bonchev–Trinajstić information content (AvgIpc) is 2.75. The lowest BCUT2D eigenvalue weighted by atomic mass is 10.0. The molecule has 0 saturated heterocycles. The Morgan fingerprint density at radius 2 is 1.94 bits per heavy atom. The van der Waals surface area contributed by atoms with Gasteiger partial charge in [-0.05, 0) is 55.1 Å². The van der Waals surface area contributed by atoms with Crippen LogP contribution in [0.1, 0.15) is 31.1 Å². The van der Waals surface area contributed by atoms with Crippen molar-refractivity contribution < 1.29 is 4.42 Å². The van der Waals surface area contributed by atoms with Crippen molar-refractivity contribution in [2.75, 3.05) is 5.73 Å². The Labute approximate surface area is 105 Å². The minimum Gasteiger partial charge on any atom is -0.440 e. The Morgan fingerprint density at radius 1 is 1.17 bits per heavy atom. The van der Waals surface area contributed by atoms with Gasteiger partial charge in [0.1, 0.15) is 5.52 Å². The number of nitrogens with two attached hydrogens (primary N) is 1. The molecule has 1 heterocycles. The average molecular weight is 240 g/mol. The zero-order valence-corrected chi connectivity index (χ0v) is 10.2. The monoisotopic (exact) mass is 240 g/mol. The second kappa shape index (κ2) is 2.90. The molecule has 3 saturated carbocycles. The first-order valence-electron chi connectivity index (χ1n) is 6.97. The van der Waals surface area contributed by atoms with Gasteiger partial charge in [0.05, 0.1) is 0 Å². The molecule has 0 spiro atoms. The lowest BCUT2D eigenvalue weighted by Gasteiger charge is -2.04. The summed E-state index contributed by atoms with van der Waals surface area (Å²) in [6.45, 7) is 0. The lowest BCUT2D eigenvalue weighted by Crippen LogP contribution is -1.97. The Kier molecular flexibility index (Phi) is 1.52. The normalized spacial score (nSPS) is 40.3. The standard InChI is InChI=1S/C15H16N2O/c16-9-3-4-10-11(6-9)18-15(17-10)14-12-7-1-2-8(5-7)13(12)14/h3-4,6-8,12-14H,1-2,5,16H2. The van der Waals surface area contributed by atoms with Crippen molar-refractivity contribution >= 4 is 16.8 Å². The number of hydrogen-bond donors (Lipinski definition) is 1. The molecule has 5 rings (SSSR count). The quantitative estimate of drug-likeness (QED) is 0.779. The molecule has 2 aromatic rings. The fraction of sp³-hybridized carbons (Fsp3) is 0.533. The van der Waals surface area contributed by atoms with E-state index < -0.39 is 0 Å². The van der Waals surface area contributed by atoms with E-state index >= 15 is 0 Å². The van der Waals surface area contributed by atoms with E-state index in [0.29, 0.717) is 5.92 Å². The van der Waals surface area contributed by atoms with Crippen LogP contribution in [0.4, 0.5) is 5.69 Å². The number of benzene rings is 1. The summed E-state index contributed by atoms with van der Waals surface area (Å²) in [5, 5.41) is 0. The minimum absolute atomic E-state index is 0.616. The van der Waals surface area contributed by atoms with E-state index in [2.05, 4.69) is 4.98 Å². The molecule has 0 aliphatic heterocycles. The van der Waals surface area contributed by atoms with Crippen molar-refractivity contribution in [3.05, 3.63) is 24.1 Å². The third kappa shape index (κ3) is 1.03. The van der Waals surface area contributed by atoms with Gasteiger partial charge in [0.15, 0.2) is 11.5 Å². The summed E-state index contributed by atoms with van der Waals surface area (Å²) in [6, 6.07) is 5.75. The smallest absolute Gasteiger partial charge is 0.199 e. The van der Waals surface area contributed by atoms with Crippen molar-refractivity contribution in [1.29, 1.82) is 0 Å². The van der Waals surface area contributed by atoms with Crippen LogP contribution in [0.15, 0.2) is 22.6 Å². The van der Waals surface area contributed by atoms with Crippen molar-refractivity contribution in [2.45, 2.75) is 25.2 Å². The number of aromatic nitrogens is 1. The molecule has 4 atom stereocenters. The fourth-order valence-electron chi connectivity index (χ4n) is 4.76. The summed E-state index contributed by atoms with van der Waals surface area (Å²) in [4.78, 5) is 4.67. The molecule has 3 fully saturated rings. The van der Waals surface area contributed by atoms with E-state index in [0.717, 1.165) is 46.3 Å². The molecule has 3 heteroatoms. The zero-order chi connectivity index (χ0) is 11.9. The Hall–Kier alpha value is -1.51. The van der Waals surface area contributed by atoms with E-state index in [4.69, 9.17) is 10.2 Å². The second-order valence-corrected chi connectivity index (χ2v) is 6.29. The zero-order valence-electron chi connectivity index (χ0n) is 10.2. The maximum Gasteiger partial charge on any atom is 0.199 e. The molecule has 2 bridgehead atoms. The largest absolute Gasteiger partial charge is 0.440 e. The molecule has 1 aromatic carbocycles. The molecule has 4 unspecified atom stereocenters. The van der Waals surface area contributed by atoms with E-state index in [-0.39, 0.29) is 0 Å². The van der Waals surface area contributed by atoms with Crippen molar-refractivity contribution in [3.8, 4) is 0 Å². The summed E-state index contributed by atoms with van der Waals surface area (Å²) in [6.07, 6.45) is 4.35. The molecule has 92 valence electrons. The van der Waals surface area contributed by atoms with Crippen LogP contribution in [0.2, 0.25) is 0 Å². The van der Waals surface area contributed by atoms with Crippen molar-refractivity contribution in [3.63, 3.8) is 0 Å². The Balaban J connectivity index is 1.56. The SMILES string of the molecule is Nc1ccc2nc(C3C4C5CCC(C5)C34)oc2c1. The highest BCUT2D eigenvalue weighted by atomic mass is 16.3. The van der Waals surface area contributed by atoms with Gasteiger partial charge >= 0.3 is 0 Å². The third-order valence-corrected chi connectivity index (χ3v) is 5.45. The summed E-state index contributed by atoms with van der Waals surface area (Å²) in [7, 11) is 0. The molecule has 0 radical (unpaired) electrons. The fourth-order valence-corrected chi connectivity index (χ4v) is 4.76. The van der Waals surface area contributed by atoms with Gasteiger partial charge in [-0.15, -0.1) is 0 Å². The molecule has 3 nitrogen and oxygen atoms in total. The number of hydrogen-bond acceptors (Lipinski definition) is 3. The minimum atomic E-state index is 0.616. The van der Waals surface area contributed by atoms with Crippen LogP contribution in [0.3, 0.4) is 0 Å². The van der Waals surface area contributed by atoms with Crippen LogP contribution >= 0.6 is 0 Å². The van der Waals surface area contributed by atoms with Gasteiger partial charge in [0.25, 0.3) is 0 Å². The van der Waals surface area contributed by atoms with Crippen LogP contribution in [0, 0.1) is 23.7 Å². The highest BCUT2D eigenvalue weighted by Crippen LogP contribution is 2.73.